The normalized spacial score (nSPS) is 10.6. The average Bonchev–Trinajstić information content (AvgIpc) is 3.04. The van der Waals surface area contributed by atoms with Crippen LogP contribution in [0.15, 0.2) is 47.8 Å². The molecule has 0 saturated carbocycles. The molecular formula is C22H23N3O2S2. The molecule has 2 N–H and O–H groups in total. The lowest BCUT2D eigenvalue weighted by atomic mass is 10.1. The van der Waals surface area contributed by atoms with Gasteiger partial charge in [-0.3, -0.25) is 9.59 Å². The van der Waals surface area contributed by atoms with Gasteiger partial charge in [-0.1, -0.05) is 48.0 Å². The number of nitrogens with one attached hydrogen (secondary N) is 2. The number of carbonyl (C=O) groups excluding carboxylic acids is 2. The second-order valence-corrected chi connectivity index (χ2v) is 8.43. The minimum atomic E-state index is -0.261. The zero-order valence-corrected chi connectivity index (χ0v) is 18.2. The second-order valence-electron chi connectivity index (χ2n) is 6.93. The first kappa shape index (κ1) is 21.0. The molecule has 150 valence electrons. The summed E-state index contributed by atoms with van der Waals surface area (Å²) in [6.07, 6.45) is 0. The number of carbonyl (C=O) groups is 2. The summed E-state index contributed by atoms with van der Waals surface area (Å²) in [6.45, 7) is 5.88. The zero-order chi connectivity index (χ0) is 21.0. The quantitative estimate of drug-likeness (QED) is 0.566. The average molecular weight is 426 g/mol. The van der Waals surface area contributed by atoms with E-state index in [1.54, 1.807) is 4.57 Å². The number of amides is 2. The molecule has 0 radical (unpaired) electrons. The number of nitrogens with zero attached hydrogens (tertiary/aromatic N) is 1. The Balaban J connectivity index is 1.63. The molecule has 3 aromatic rings. The molecule has 0 unspecified atom stereocenters. The highest BCUT2D eigenvalue weighted by Crippen LogP contribution is 2.24. The van der Waals surface area contributed by atoms with E-state index in [9.17, 15) is 9.59 Å². The van der Waals surface area contributed by atoms with Gasteiger partial charge < -0.3 is 15.2 Å². The van der Waals surface area contributed by atoms with E-state index in [0.29, 0.717) is 3.95 Å². The Morgan fingerprint density at radius 1 is 1.00 bits per heavy atom. The summed E-state index contributed by atoms with van der Waals surface area (Å²) in [5, 5.41) is 7.50. The van der Waals surface area contributed by atoms with Crippen LogP contribution in [0.4, 0.5) is 5.69 Å². The summed E-state index contributed by atoms with van der Waals surface area (Å²) in [5.41, 5.74) is 5.82. The van der Waals surface area contributed by atoms with Crippen LogP contribution in [0.25, 0.3) is 11.3 Å². The molecule has 3 rings (SSSR count). The van der Waals surface area contributed by atoms with Crippen LogP contribution in [-0.2, 0) is 16.1 Å². The van der Waals surface area contributed by atoms with E-state index in [-0.39, 0.29) is 24.9 Å². The van der Waals surface area contributed by atoms with Crippen LogP contribution in [0.5, 0.6) is 0 Å². The fraction of sp³-hybridized carbons (Fsp3) is 0.227. The lowest BCUT2D eigenvalue weighted by Gasteiger charge is -2.13. The third-order valence-electron chi connectivity index (χ3n) is 4.62. The van der Waals surface area contributed by atoms with Gasteiger partial charge in [-0.25, -0.2) is 0 Å². The molecular weight excluding hydrogens is 402 g/mol. The molecule has 0 spiro atoms. The van der Waals surface area contributed by atoms with Gasteiger partial charge in [0.15, 0.2) is 3.95 Å². The molecule has 0 saturated heterocycles. The number of para-hydroxylation sites is 1. The highest BCUT2D eigenvalue weighted by Gasteiger charge is 2.13. The van der Waals surface area contributed by atoms with Crippen molar-refractivity contribution in [3.8, 4) is 11.3 Å². The summed E-state index contributed by atoms with van der Waals surface area (Å²) < 4.78 is 2.42. The Kier molecular flexibility index (Phi) is 6.61. The van der Waals surface area contributed by atoms with E-state index in [0.717, 1.165) is 28.1 Å². The summed E-state index contributed by atoms with van der Waals surface area (Å²) in [6, 6.07) is 13.9. The Morgan fingerprint density at radius 2 is 1.66 bits per heavy atom. The maximum Gasteiger partial charge on any atom is 0.243 e. The first-order valence-electron chi connectivity index (χ1n) is 9.23. The van der Waals surface area contributed by atoms with Gasteiger partial charge in [0.2, 0.25) is 11.8 Å². The standard InChI is InChI=1S/C22H23N3O2S2/c1-14-7-9-17(10-8-14)18-13-29-22(28)25(18)12-20(27)23-11-19(26)24-21-15(2)5-4-6-16(21)3/h4-10,13H,11-12H2,1-3H3,(H,23,27)(H,24,26). The molecule has 1 aromatic heterocycles. The minimum absolute atomic E-state index is 0.0716. The number of aromatic nitrogens is 1. The van der Waals surface area contributed by atoms with Crippen molar-refractivity contribution in [2.45, 2.75) is 27.3 Å². The number of thiazole rings is 1. The molecule has 29 heavy (non-hydrogen) atoms. The van der Waals surface area contributed by atoms with E-state index >= 15 is 0 Å². The molecule has 5 nitrogen and oxygen atoms in total. The van der Waals surface area contributed by atoms with E-state index < -0.39 is 0 Å². The molecule has 0 fully saturated rings. The Hall–Kier alpha value is -2.77. The predicted molar refractivity (Wildman–Crippen MR) is 121 cm³/mol. The van der Waals surface area contributed by atoms with Crippen LogP contribution < -0.4 is 10.6 Å². The minimum Gasteiger partial charge on any atom is -0.345 e. The first-order valence-corrected chi connectivity index (χ1v) is 10.5. The van der Waals surface area contributed by atoms with Crippen molar-refractivity contribution in [3.05, 3.63) is 68.5 Å². The Morgan fingerprint density at radius 3 is 2.31 bits per heavy atom. The van der Waals surface area contributed by atoms with Gasteiger partial charge in [-0.05, 0) is 49.7 Å². The molecule has 0 atom stereocenters. The van der Waals surface area contributed by atoms with Gasteiger partial charge in [-0.2, -0.15) is 0 Å². The maximum absolute atomic E-state index is 12.4. The number of anilines is 1. The van der Waals surface area contributed by atoms with Gasteiger partial charge in [-0.15, -0.1) is 11.3 Å². The lowest BCUT2D eigenvalue weighted by molar-refractivity contribution is -0.124. The fourth-order valence-corrected chi connectivity index (χ4v) is 4.08. The number of aryl methyl sites for hydroxylation is 3. The van der Waals surface area contributed by atoms with Crippen molar-refractivity contribution < 1.29 is 9.59 Å². The molecule has 7 heteroatoms. The Labute approximate surface area is 179 Å². The molecule has 0 aliphatic carbocycles. The topological polar surface area (TPSA) is 63.1 Å². The number of benzene rings is 2. The maximum atomic E-state index is 12.4. The molecule has 0 bridgehead atoms. The van der Waals surface area contributed by atoms with Crippen LogP contribution >= 0.6 is 23.6 Å². The number of hydrogen-bond acceptors (Lipinski definition) is 4. The van der Waals surface area contributed by atoms with E-state index in [4.69, 9.17) is 12.2 Å². The number of hydrogen-bond donors (Lipinski definition) is 2. The molecule has 2 amide bonds. The summed E-state index contributed by atoms with van der Waals surface area (Å²) in [7, 11) is 0. The van der Waals surface area contributed by atoms with Gasteiger partial charge in [0, 0.05) is 11.1 Å². The van der Waals surface area contributed by atoms with Crippen molar-refractivity contribution >= 4 is 41.1 Å². The van der Waals surface area contributed by atoms with Crippen molar-refractivity contribution in [2.75, 3.05) is 11.9 Å². The number of rotatable bonds is 6. The summed E-state index contributed by atoms with van der Waals surface area (Å²) in [4.78, 5) is 24.7. The summed E-state index contributed by atoms with van der Waals surface area (Å²) in [5.74, 6) is -0.520. The SMILES string of the molecule is Cc1ccc(-c2csc(=S)n2CC(=O)NCC(=O)Nc2c(C)cccc2C)cc1. The lowest BCUT2D eigenvalue weighted by Crippen LogP contribution is -2.35. The van der Waals surface area contributed by atoms with E-state index in [1.165, 1.54) is 16.9 Å². The van der Waals surface area contributed by atoms with Crippen molar-refractivity contribution in [3.63, 3.8) is 0 Å². The van der Waals surface area contributed by atoms with E-state index in [2.05, 4.69) is 10.6 Å². The molecule has 0 aliphatic rings. The largest absolute Gasteiger partial charge is 0.345 e. The van der Waals surface area contributed by atoms with Gasteiger partial charge >= 0.3 is 0 Å². The van der Waals surface area contributed by atoms with Crippen LogP contribution in [-0.4, -0.2) is 22.9 Å². The predicted octanol–water partition coefficient (Wildman–Crippen LogP) is 4.63. The highest BCUT2D eigenvalue weighted by atomic mass is 32.1. The third-order valence-corrected chi connectivity index (χ3v) is 5.90. The first-order chi connectivity index (χ1) is 13.8. The van der Waals surface area contributed by atoms with Gasteiger partial charge in [0.05, 0.1) is 12.2 Å². The monoisotopic (exact) mass is 425 g/mol. The third kappa shape index (κ3) is 5.19. The van der Waals surface area contributed by atoms with Crippen molar-refractivity contribution in [1.29, 1.82) is 0 Å². The Bertz CT molecular complexity index is 1080. The highest BCUT2D eigenvalue weighted by molar-refractivity contribution is 7.73. The van der Waals surface area contributed by atoms with Crippen LogP contribution in [0.3, 0.4) is 0 Å². The van der Waals surface area contributed by atoms with Crippen molar-refractivity contribution in [1.82, 2.24) is 9.88 Å². The van der Waals surface area contributed by atoms with Crippen molar-refractivity contribution in [2.24, 2.45) is 0 Å². The smallest absolute Gasteiger partial charge is 0.243 e. The van der Waals surface area contributed by atoms with Gasteiger partial charge in [0.1, 0.15) is 6.54 Å². The van der Waals surface area contributed by atoms with Gasteiger partial charge in [0.25, 0.3) is 0 Å². The van der Waals surface area contributed by atoms with Crippen LogP contribution in [0.2, 0.25) is 0 Å². The second kappa shape index (κ2) is 9.15. The molecule has 0 aliphatic heterocycles. The molecule has 2 aromatic carbocycles. The van der Waals surface area contributed by atoms with E-state index in [1.807, 2.05) is 68.6 Å². The van der Waals surface area contributed by atoms with Crippen LogP contribution in [0, 0.1) is 24.7 Å². The summed E-state index contributed by atoms with van der Waals surface area (Å²) >= 11 is 6.81. The molecule has 1 heterocycles. The fourth-order valence-electron chi connectivity index (χ4n) is 3.00. The zero-order valence-electron chi connectivity index (χ0n) is 16.6. The van der Waals surface area contributed by atoms with Crippen LogP contribution in [0.1, 0.15) is 16.7 Å².